The van der Waals surface area contributed by atoms with Gasteiger partial charge >= 0.3 is 0 Å². The molecule has 2 N–H and O–H groups in total. The van der Waals surface area contributed by atoms with Crippen molar-refractivity contribution in [3.8, 4) is 5.75 Å². The number of amides is 1. The summed E-state index contributed by atoms with van der Waals surface area (Å²) in [6.45, 7) is -0.140. The van der Waals surface area contributed by atoms with Gasteiger partial charge in [-0.25, -0.2) is 8.78 Å². The van der Waals surface area contributed by atoms with Crippen molar-refractivity contribution in [1.82, 2.24) is 5.32 Å². The van der Waals surface area contributed by atoms with E-state index in [4.69, 9.17) is 0 Å². The van der Waals surface area contributed by atoms with Crippen LogP contribution in [0, 0.1) is 11.6 Å². The molecule has 0 saturated heterocycles. The van der Waals surface area contributed by atoms with Crippen LogP contribution in [0.15, 0.2) is 40.9 Å². The molecule has 0 radical (unpaired) electrons. The molecule has 2 aromatic rings. The van der Waals surface area contributed by atoms with Crippen molar-refractivity contribution in [3.05, 3.63) is 63.6 Å². The Bertz CT molecular complexity index is 662. The van der Waals surface area contributed by atoms with Gasteiger partial charge in [0, 0.05) is 17.7 Å². The maximum absolute atomic E-state index is 13.4. The highest BCUT2D eigenvalue weighted by Gasteiger charge is 2.10. The number of phenolic OH excluding ortho intramolecular Hbond substituents is 1. The Morgan fingerprint density at radius 2 is 1.95 bits per heavy atom. The number of carbonyl (C=O) groups excluding carboxylic acids is 1. The van der Waals surface area contributed by atoms with Gasteiger partial charge in [0.15, 0.2) is 0 Å². The fraction of sp³-hybridized carbons (Fsp3) is 0.0714. The molecular formula is C14H10BrF2NO2. The topological polar surface area (TPSA) is 49.3 Å². The minimum atomic E-state index is -0.592. The Balaban J connectivity index is 2.08. The number of rotatable bonds is 3. The molecule has 6 heteroatoms. The van der Waals surface area contributed by atoms with Crippen LogP contribution in [0.5, 0.6) is 5.75 Å². The van der Waals surface area contributed by atoms with E-state index in [9.17, 15) is 18.7 Å². The standard InChI is InChI=1S/C14H10BrF2NO2/c15-11-3-1-8(6-13(11)19)14(20)18-7-9-5-10(16)2-4-12(9)17/h1-6,19H,7H2,(H,18,20). The normalized spacial score (nSPS) is 10.3. The molecule has 0 aliphatic rings. The number of nitrogens with one attached hydrogen (secondary N) is 1. The second-order valence-electron chi connectivity index (χ2n) is 4.08. The van der Waals surface area contributed by atoms with Crippen LogP contribution in [0.1, 0.15) is 15.9 Å². The van der Waals surface area contributed by atoms with E-state index < -0.39 is 17.5 Å². The summed E-state index contributed by atoms with van der Waals surface area (Å²) in [6.07, 6.45) is 0. The average Bonchev–Trinajstić information content (AvgIpc) is 2.42. The molecular weight excluding hydrogens is 332 g/mol. The molecule has 2 aromatic carbocycles. The van der Waals surface area contributed by atoms with Gasteiger partial charge in [-0.3, -0.25) is 4.79 Å². The summed E-state index contributed by atoms with van der Waals surface area (Å²) in [4.78, 5) is 11.8. The second-order valence-corrected chi connectivity index (χ2v) is 4.94. The molecule has 0 spiro atoms. The van der Waals surface area contributed by atoms with Gasteiger partial charge in [-0.15, -0.1) is 0 Å². The second kappa shape index (κ2) is 6.00. The van der Waals surface area contributed by atoms with Crippen molar-refractivity contribution in [3.63, 3.8) is 0 Å². The maximum atomic E-state index is 13.4. The molecule has 0 aromatic heterocycles. The van der Waals surface area contributed by atoms with Gasteiger partial charge < -0.3 is 10.4 Å². The monoisotopic (exact) mass is 341 g/mol. The highest BCUT2D eigenvalue weighted by atomic mass is 79.9. The third kappa shape index (κ3) is 3.33. The van der Waals surface area contributed by atoms with Crippen molar-refractivity contribution < 1.29 is 18.7 Å². The molecule has 0 saturated carbocycles. The lowest BCUT2D eigenvalue weighted by molar-refractivity contribution is 0.0950. The zero-order chi connectivity index (χ0) is 14.7. The zero-order valence-corrected chi connectivity index (χ0v) is 11.7. The minimum absolute atomic E-state index is 0.0553. The molecule has 2 rings (SSSR count). The highest BCUT2D eigenvalue weighted by Crippen LogP contribution is 2.24. The fourth-order valence-corrected chi connectivity index (χ4v) is 1.86. The predicted octanol–water partition coefficient (Wildman–Crippen LogP) is 3.36. The zero-order valence-electron chi connectivity index (χ0n) is 10.2. The van der Waals surface area contributed by atoms with E-state index in [1.165, 1.54) is 18.2 Å². The molecule has 0 heterocycles. The minimum Gasteiger partial charge on any atom is -0.507 e. The summed E-state index contributed by atoms with van der Waals surface area (Å²) in [5.74, 6) is -1.73. The Hall–Kier alpha value is -1.95. The van der Waals surface area contributed by atoms with Crippen LogP contribution in [0.2, 0.25) is 0 Å². The number of hydrogen-bond donors (Lipinski definition) is 2. The van der Waals surface area contributed by atoms with Gasteiger partial charge in [0.05, 0.1) is 4.47 Å². The summed E-state index contributed by atoms with van der Waals surface area (Å²) < 4.78 is 26.8. The molecule has 1 amide bonds. The largest absolute Gasteiger partial charge is 0.507 e. The summed E-state index contributed by atoms with van der Waals surface area (Å²) >= 11 is 3.10. The third-order valence-corrected chi connectivity index (χ3v) is 3.33. The lowest BCUT2D eigenvalue weighted by Gasteiger charge is -2.07. The molecule has 0 aliphatic heterocycles. The number of carbonyl (C=O) groups is 1. The number of halogens is 3. The van der Waals surface area contributed by atoms with Crippen LogP contribution >= 0.6 is 15.9 Å². The lowest BCUT2D eigenvalue weighted by atomic mass is 10.1. The third-order valence-electron chi connectivity index (χ3n) is 2.66. The van der Waals surface area contributed by atoms with E-state index in [0.29, 0.717) is 4.47 Å². The molecule has 3 nitrogen and oxygen atoms in total. The van der Waals surface area contributed by atoms with Crippen molar-refractivity contribution in [1.29, 1.82) is 0 Å². The van der Waals surface area contributed by atoms with E-state index in [1.807, 2.05) is 0 Å². The van der Waals surface area contributed by atoms with Crippen molar-refractivity contribution in [2.45, 2.75) is 6.54 Å². The van der Waals surface area contributed by atoms with Gasteiger partial charge in [0.1, 0.15) is 17.4 Å². The average molecular weight is 342 g/mol. The van der Waals surface area contributed by atoms with Crippen LogP contribution in [0.4, 0.5) is 8.78 Å². The van der Waals surface area contributed by atoms with Crippen LogP contribution in [0.3, 0.4) is 0 Å². The number of phenols is 1. The molecule has 0 aliphatic carbocycles. The molecule has 0 bridgehead atoms. The van der Waals surface area contributed by atoms with Crippen LogP contribution < -0.4 is 5.32 Å². The first-order valence-electron chi connectivity index (χ1n) is 5.68. The Morgan fingerprint density at radius 1 is 1.20 bits per heavy atom. The van der Waals surface area contributed by atoms with Crippen LogP contribution in [-0.2, 0) is 6.54 Å². The highest BCUT2D eigenvalue weighted by molar-refractivity contribution is 9.10. The van der Waals surface area contributed by atoms with Crippen molar-refractivity contribution >= 4 is 21.8 Å². The SMILES string of the molecule is O=C(NCc1cc(F)ccc1F)c1ccc(Br)c(O)c1. The Kier molecular flexibility index (Phi) is 4.34. The molecule has 104 valence electrons. The fourth-order valence-electron chi connectivity index (χ4n) is 1.61. The van der Waals surface area contributed by atoms with Gasteiger partial charge in [-0.05, 0) is 52.3 Å². The maximum Gasteiger partial charge on any atom is 0.251 e. The molecule has 20 heavy (non-hydrogen) atoms. The number of hydrogen-bond acceptors (Lipinski definition) is 2. The summed E-state index contributed by atoms with van der Waals surface area (Å²) in [5, 5.41) is 11.9. The summed E-state index contributed by atoms with van der Waals surface area (Å²) in [5.41, 5.74) is 0.280. The van der Waals surface area contributed by atoms with E-state index in [1.54, 1.807) is 0 Å². The Labute approximate surface area is 122 Å². The van der Waals surface area contributed by atoms with Crippen LogP contribution in [0.25, 0.3) is 0 Å². The first kappa shape index (κ1) is 14.5. The van der Waals surface area contributed by atoms with Crippen molar-refractivity contribution in [2.75, 3.05) is 0 Å². The molecule has 0 atom stereocenters. The quantitative estimate of drug-likeness (QED) is 0.899. The van der Waals surface area contributed by atoms with Crippen LogP contribution in [-0.4, -0.2) is 11.0 Å². The van der Waals surface area contributed by atoms with Crippen molar-refractivity contribution in [2.24, 2.45) is 0 Å². The number of benzene rings is 2. The smallest absolute Gasteiger partial charge is 0.251 e. The van der Waals surface area contributed by atoms with Gasteiger partial charge in [0.25, 0.3) is 5.91 Å². The lowest BCUT2D eigenvalue weighted by Crippen LogP contribution is -2.23. The summed E-state index contributed by atoms with van der Waals surface area (Å²) in [6, 6.07) is 7.33. The first-order chi connectivity index (χ1) is 9.47. The van der Waals surface area contributed by atoms with E-state index >= 15 is 0 Å². The number of aromatic hydroxyl groups is 1. The first-order valence-corrected chi connectivity index (χ1v) is 6.47. The van der Waals surface area contributed by atoms with Gasteiger partial charge in [0.2, 0.25) is 0 Å². The summed E-state index contributed by atoms with van der Waals surface area (Å²) in [7, 11) is 0. The molecule has 0 unspecified atom stereocenters. The van der Waals surface area contributed by atoms with E-state index in [2.05, 4.69) is 21.2 Å². The van der Waals surface area contributed by atoms with E-state index in [0.717, 1.165) is 18.2 Å². The van der Waals surface area contributed by atoms with Gasteiger partial charge in [-0.1, -0.05) is 0 Å². The van der Waals surface area contributed by atoms with Gasteiger partial charge in [-0.2, -0.15) is 0 Å². The Morgan fingerprint density at radius 3 is 2.65 bits per heavy atom. The van der Waals surface area contributed by atoms with E-state index in [-0.39, 0.29) is 23.4 Å². The predicted molar refractivity (Wildman–Crippen MR) is 73.3 cm³/mol. The molecule has 0 fully saturated rings.